The summed E-state index contributed by atoms with van der Waals surface area (Å²) < 4.78 is 1.91. The number of halogens is 1. The van der Waals surface area contributed by atoms with E-state index in [0.29, 0.717) is 11.6 Å². The van der Waals surface area contributed by atoms with Gasteiger partial charge in [-0.1, -0.05) is 35.5 Å². The van der Waals surface area contributed by atoms with Crippen molar-refractivity contribution in [2.24, 2.45) is 0 Å². The quantitative estimate of drug-likeness (QED) is 0.656. The number of aromatic nitrogens is 2. The fourth-order valence-corrected chi connectivity index (χ4v) is 2.82. The van der Waals surface area contributed by atoms with E-state index in [0.717, 1.165) is 10.8 Å². The number of carbonyl (C=O) groups excluding carboxylic acids is 1. The van der Waals surface area contributed by atoms with Gasteiger partial charge in [-0.25, -0.2) is 4.98 Å². The van der Waals surface area contributed by atoms with Gasteiger partial charge >= 0.3 is 0 Å². The predicted molar refractivity (Wildman–Crippen MR) is 87.1 cm³/mol. The number of carbonyl (C=O) groups is 1. The molecule has 4 nitrogen and oxygen atoms in total. The van der Waals surface area contributed by atoms with E-state index in [1.165, 1.54) is 11.8 Å². The lowest BCUT2D eigenvalue weighted by Crippen LogP contribution is -2.31. The van der Waals surface area contributed by atoms with Crippen LogP contribution < -0.4 is 5.32 Å². The monoisotopic (exact) mass is 321 g/mol. The normalized spacial score (nSPS) is 11.9. The second-order valence-electron chi connectivity index (χ2n) is 4.35. The van der Waals surface area contributed by atoms with E-state index in [-0.39, 0.29) is 11.2 Å². The largest absolute Gasteiger partial charge is 0.352 e. The third-order valence-corrected chi connectivity index (χ3v) is 4.08. The van der Waals surface area contributed by atoms with Crippen LogP contribution in [0, 0.1) is 0 Å². The maximum atomic E-state index is 11.9. The lowest BCUT2D eigenvalue weighted by molar-refractivity contribution is -0.120. The summed E-state index contributed by atoms with van der Waals surface area (Å²) in [6.07, 6.45) is 5.21. The topological polar surface area (TPSA) is 46.9 Å². The Morgan fingerprint density at radius 1 is 1.62 bits per heavy atom. The number of thioether (sulfide) groups is 1. The van der Waals surface area contributed by atoms with Gasteiger partial charge in [-0.05, 0) is 25.1 Å². The zero-order valence-electron chi connectivity index (χ0n) is 11.6. The number of nitrogens with zero attached hydrogens (tertiary/aromatic N) is 2. The van der Waals surface area contributed by atoms with Crippen molar-refractivity contribution in [1.29, 1.82) is 0 Å². The molecule has 0 aliphatic carbocycles. The van der Waals surface area contributed by atoms with Gasteiger partial charge in [0.15, 0.2) is 5.16 Å². The van der Waals surface area contributed by atoms with Crippen LogP contribution in [0.25, 0.3) is 5.69 Å². The molecule has 2 aromatic rings. The van der Waals surface area contributed by atoms with Gasteiger partial charge in [0.1, 0.15) is 0 Å². The van der Waals surface area contributed by atoms with Crippen molar-refractivity contribution < 1.29 is 4.79 Å². The average Bonchev–Trinajstić information content (AvgIpc) is 2.92. The molecule has 0 spiro atoms. The van der Waals surface area contributed by atoms with E-state index in [1.807, 2.05) is 42.0 Å². The molecule has 0 aliphatic rings. The molecule has 6 heteroatoms. The first kappa shape index (κ1) is 15.7. The molecule has 21 heavy (non-hydrogen) atoms. The van der Waals surface area contributed by atoms with Crippen molar-refractivity contribution in [2.45, 2.75) is 17.3 Å². The molecule has 1 unspecified atom stereocenters. The van der Waals surface area contributed by atoms with Gasteiger partial charge in [-0.3, -0.25) is 9.36 Å². The van der Waals surface area contributed by atoms with Gasteiger partial charge in [0, 0.05) is 29.6 Å². The van der Waals surface area contributed by atoms with Crippen molar-refractivity contribution in [1.82, 2.24) is 14.9 Å². The van der Waals surface area contributed by atoms with Crippen LogP contribution in [0.5, 0.6) is 0 Å². The summed E-state index contributed by atoms with van der Waals surface area (Å²) in [7, 11) is 0. The molecule has 1 aromatic carbocycles. The molecule has 1 amide bonds. The first-order valence-electron chi connectivity index (χ1n) is 6.46. The maximum absolute atomic E-state index is 11.9. The Hall–Kier alpha value is -1.72. The molecule has 1 heterocycles. The molecule has 2 rings (SSSR count). The van der Waals surface area contributed by atoms with Crippen LogP contribution in [0.3, 0.4) is 0 Å². The van der Waals surface area contributed by atoms with Gasteiger partial charge < -0.3 is 5.32 Å². The minimum Gasteiger partial charge on any atom is -0.352 e. The van der Waals surface area contributed by atoms with Crippen LogP contribution in [-0.2, 0) is 4.79 Å². The molecule has 0 saturated heterocycles. The fourth-order valence-electron chi connectivity index (χ4n) is 1.73. The van der Waals surface area contributed by atoms with E-state index in [2.05, 4.69) is 16.9 Å². The minimum absolute atomic E-state index is 0.0412. The van der Waals surface area contributed by atoms with Crippen LogP contribution in [0.2, 0.25) is 5.02 Å². The third kappa shape index (κ3) is 4.12. The summed E-state index contributed by atoms with van der Waals surface area (Å²) in [6, 6.07) is 7.50. The van der Waals surface area contributed by atoms with Crippen LogP contribution >= 0.6 is 23.4 Å². The van der Waals surface area contributed by atoms with E-state index in [9.17, 15) is 4.79 Å². The minimum atomic E-state index is -0.245. The number of rotatable bonds is 6. The SMILES string of the molecule is C=CCNC(=O)C(C)Sc1nccn1-c1cccc(Cl)c1. The molecule has 1 aromatic heterocycles. The summed E-state index contributed by atoms with van der Waals surface area (Å²) in [4.78, 5) is 16.2. The Bertz CT molecular complexity index is 641. The molecule has 0 fully saturated rings. The molecule has 0 bridgehead atoms. The van der Waals surface area contributed by atoms with Gasteiger partial charge in [-0.15, -0.1) is 6.58 Å². The molecule has 110 valence electrons. The Morgan fingerprint density at radius 2 is 2.43 bits per heavy atom. The number of hydrogen-bond donors (Lipinski definition) is 1. The van der Waals surface area contributed by atoms with Gasteiger partial charge in [0.25, 0.3) is 0 Å². The molecule has 1 N–H and O–H groups in total. The van der Waals surface area contributed by atoms with E-state index in [4.69, 9.17) is 11.6 Å². The Morgan fingerprint density at radius 3 is 3.14 bits per heavy atom. The maximum Gasteiger partial charge on any atom is 0.233 e. The summed E-state index contributed by atoms with van der Waals surface area (Å²) in [6.45, 7) is 5.89. The Balaban J connectivity index is 2.14. The molecule has 0 radical (unpaired) electrons. The molecular formula is C15H16ClN3OS. The molecule has 0 saturated carbocycles. The fraction of sp³-hybridized carbons (Fsp3) is 0.200. The summed E-state index contributed by atoms with van der Waals surface area (Å²) in [5.74, 6) is -0.0412. The standard InChI is InChI=1S/C15H16ClN3OS/c1-3-7-17-14(20)11(2)21-15-18-8-9-19(15)13-6-4-5-12(16)10-13/h3-6,8-11H,1,7H2,2H3,(H,17,20). The first-order valence-corrected chi connectivity index (χ1v) is 7.72. The predicted octanol–water partition coefficient (Wildman–Crippen LogP) is 3.31. The van der Waals surface area contributed by atoms with Crippen molar-refractivity contribution in [3.63, 3.8) is 0 Å². The van der Waals surface area contributed by atoms with Crippen molar-refractivity contribution in [3.8, 4) is 5.69 Å². The van der Waals surface area contributed by atoms with E-state index < -0.39 is 0 Å². The third-order valence-electron chi connectivity index (χ3n) is 2.77. The summed E-state index contributed by atoms with van der Waals surface area (Å²) in [5.41, 5.74) is 0.918. The number of hydrogen-bond acceptors (Lipinski definition) is 3. The summed E-state index contributed by atoms with van der Waals surface area (Å²) >= 11 is 7.41. The molecular weight excluding hydrogens is 306 g/mol. The first-order chi connectivity index (χ1) is 10.1. The van der Waals surface area contributed by atoms with Gasteiger partial charge in [0.05, 0.1) is 5.25 Å². The van der Waals surface area contributed by atoms with Crippen molar-refractivity contribution >= 4 is 29.3 Å². The Labute approximate surface area is 133 Å². The van der Waals surface area contributed by atoms with Gasteiger partial charge in [-0.2, -0.15) is 0 Å². The zero-order valence-corrected chi connectivity index (χ0v) is 13.2. The smallest absolute Gasteiger partial charge is 0.233 e. The van der Waals surface area contributed by atoms with Crippen LogP contribution in [0.15, 0.2) is 54.5 Å². The second kappa shape index (κ2) is 7.33. The molecule has 1 atom stereocenters. The zero-order chi connectivity index (χ0) is 15.2. The van der Waals surface area contributed by atoms with E-state index >= 15 is 0 Å². The van der Waals surface area contributed by atoms with Crippen LogP contribution in [0.4, 0.5) is 0 Å². The lowest BCUT2D eigenvalue weighted by atomic mass is 10.3. The number of imidazole rings is 1. The highest BCUT2D eigenvalue weighted by molar-refractivity contribution is 8.00. The highest BCUT2D eigenvalue weighted by atomic mass is 35.5. The lowest BCUT2D eigenvalue weighted by Gasteiger charge is -2.12. The van der Waals surface area contributed by atoms with Crippen LogP contribution in [-0.4, -0.2) is 27.3 Å². The highest BCUT2D eigenvalue weighted by Crippen LogP contribution is 2.25. The average molecular weight is 322 g/mol. The molecule has 0 aliphatic heterocycles. The van der Waals surface area contributed by atoms with E-state index in [1.54, 1.807) is 12.3 Å². The number of benzene rings is 1. The van der Waals surface area contributed by atoms with Gasteiger partial charge in [0.2, 0.25) is 5.91 Å². The highest BCUT2D eigenvalue weighted by Gasteiger charge is 2.17. The van der Waals surface area contributed by atoms with Crippen LogP contribution in [0.1, 0.15) is 6.92 Å². The number of amides is 1. The second-order valence-corrected chi connectivity index (χ2v) is 6.10. The summed E-state index contributed by atoms with van der Waals surface area (Å²) in [5, 5.41) is 3.94. The Kier molecular flexibility index (Phi) is 5.47. The number of nitrogens with one attached hydrogen (secondary N) is 1. The van der Waals surface area contributed by atoms with Crippen molar-refractivity contribution in [2.75, 3.05) is 6.54 Å². The van der Waals surface area contributed by atoms with Crippen molar-refractivity contribution in [3.05, 3.63) is 54.3 Å².